The maximum absolute atomic E-state index is 13.4. The topological polar surface area (TPSA) is 55.1 Å². The van der Waals surface area contributed by atoms with Crippen LogP contribution in [0.4, 0.5) is 8.78 Å². The molecule has 3 N–H and O–H groups in total. The van der Waals surface area contributed by atoms with Gasteiger partial charge in [0.05, 0.1) is 0 Å². The largest absolute Gasteiger partial charge is 0.351 e. The zero-order valence-corrected chi connectivity index (χ0v) is 8.47. The first-order chi connectivity index (χ1) is 6.89. The second kappa shape index (κ2) is 3.94. The molecule has 0 aromatic heterocycles. The third-order valence-electron chi connectivity index (χ3n) is 2.29. The lowest BCUT2D eigenvalue weighted by Gasteiger charge is -2.15. The summed E-state index contributed by atoms with van der Waals surface area (Å²) in [6.07, 6.45) is 0. The average Bonchev–Trinajstić information content (AvgIpc) is 2.20. The summed E-state index contributed by atoms with van der Waals surface area (Å²) in [6.45, 7) is 3.51. The SMILES string of the molecule is Cc1ccc(C(F)(F)C(=O)NN)cc1C. The molecule has 0 unspecified atom stereocenters. The summed E-state index contributed by atoms with van der Waals surface area (Å²) in [6, 6.07) is 4.05. The van der Waals surface area contributed by atoms with Crippen molar-refractivity contribution in [2.45, 2.75) is 19.8 Å². The van der Waals surface area contributed by atoms with Gasteiger partial charge >= 0.3 is 11.8 Å². The van der Waals surface area contributed by atoms with Crippen LogP contribution in [0.5, 0.6) is 0 Å². The highest BCUT2D eigenvalue weighted by molar-refractivity contribution is 5.84. The molecule has 0 spiro atoms. The summed E-state index contributed by atoms with van der Waals surface area (Å²) in [4.78, 5) is 10.8. The summed E-state index contributed by atoms with van der Waals surface area (Å²) in [5.41, 5.74) is 2.69. The van der Waals surface area contributed by atoms with Gasteiger partial charge in [0.15, 0.2) is 0 Å². The van der Waals surface area contributed by atoms with Gasteiger partial charge in [0.25, 0.3) is 0 Å². The Bertz CT molecular complexity index is 391. The molecule has 0 aliphatic carbocycles. The van der Waals surface area contributed by atoms with Gasteiger partial charge in [-0.05, 0) is 31.0 Å². The zero-order chi connectivity index (χ0) is 11.6. The number of benzene rings is 1. The fraction of sp³-hybridized carbons (Fsp3) is 0.300. The molecule has 0 heterocycles. The van der Waals surface area contributed by atoms with Crippen LogP contribution < -0.4 is 11.3 Å². The van der Waals surface area contributed by atoms with Crippen LogP contribution in [0.2, 0.25) is 0 Å². The van der Waals surface area contributed by atoms with E-state index in [0.717, 1.165) is 5.56 Å². The molecule has 0 atom stereocenters. The van der Waals surface area contributed by atoms with Gasteiger partial charge in [-0.1, -0.05) is 12.1 Å². The Morgan fingerprint density at radius 2 is 1.93 bits per heavy atom. The lowest BCUT2D eigenvalue weighted by molar-refractivity contribution is -0.147. The first-order valence-corrected chi connectivity index (χ1v) is 4.36. The molecule has 0 saturated heterocycles. The van der Waals surface area contributed by atoms with Crippen LogP contribution in [0.15, 0.2) is 18.2 Å². The van der Waals surface area contributed by atoms with E-state index in [-0.39, 0.29) is 5.56 Å². The molecule has 0 saturated carbocycles. The molecule has 0 radical (unpaired) electrons. The number of hydrogen-bond donors (Lipinski definition) is 2. The number of hydrogen-bond acceptors (Lipinski definition) is 2. The van der Waals surface area contributed by atoms with E-state index >= 15 is 0 Å². The third-order valence-corrected chi connectivity index (χ3v) is 2.29. The number of nitrogens with one attached hydrogen (secondary N) is 1. The van der Waals surface area contributed by atoms with E-state index in [0.29, 0.717) is 5.56 Å². The van der Waals surface area contributed by atoms with E-state index in [4.69, 9.17) is 0 Å². The van der Waals surface area contributed by atoms with Crippen LogP contribution in [0.3, 0.4) is 0 Å². The fourth-order valence-electron chi connectivity index (χ4n) is 1.16. The number of carbonyl (C=O) groups excluding carboxylic acids is 1. The quantitative estimate of drug-likeness (QED) is 0.444. The van der Waals surface area contributed by atoms with Gasteiger partial charge in [0.2, 0.25) is 0 Å². The molecule has 0 aliphatic rings. The minimum atomic E-state index is -3.59. The van der Waals surface area contributed by atoms with Crippen LogP contribution in [0, 0.1) is 13.8 Å². The van der Waals surface area contributed by atoms with E-state index in [9.17, 15) is 13.6 Å². The molecule has 0 aliphatic heterocycles. The van der Waals surface area contributed by atoms with Gasteiger partial charge in [-0.25, -0.2) is 5.84 Å². The predicted molar refractivity (Wildman–Crippen MR) is 52.1 cm³/mol. The van der Waals surface area contributed by atoms with Gasteiger partial charge in [-0.2, -0.15) is 8.78 Å². The number of nitrogens with two attached hydrogens (primary N) is 1. The highest BCUT2D eigenvalue weighted by Crippen LogP contribution is 2.29. The predicted octanol–water partition coefficient (Wildman–Crippen LogP) is 1.39. The van der Waals surface area contributed by atoms with Gasteiger partial charge in [0, 0.05) is 5.56 Å². The van der Waals surface area contributed by atoms with Gasteiger partial charge < -0.3 is 0 Å². The minimum Gasteiger partial charge on any atom is -0.289 e. The Morgan fingerprint density at radius 1 is 1.33 bits per heavy atom. The van der Waals surface area contributed by atoms with Crippen LogP contribution in [0.25, 0.3) is 0 Å². The molecule has 3 nitrogen and oxygen atoms in total. The highest BCUT2D eigenvalue weighted by Gasteiger charge is 2.40. The third kappa shape index (κ3) is 2.12. The Hall–Kier alpha value is -1.49. The number of rotatable bonds is 2. The molecule has 1 aromatic rings. The summed E-state index contributed by atoms with van der Waals surface area (Å²) in [5.74, 6) is -0.415. The van der Waals surface area contributed by atoms with E-state index < -0.39 is 11.8 Å². The number of hydrazine groups is 1. The normalized spacial score (nSPS) is 11.3. The van der Waals surface area contributed by atoms with Crippen molar-refractivity contribution in [1.29, 1.82) is 0 Å². The summed E-state index contributed by atoms with van der Waals surface area (Å²) < 4.78 is 26.7. The zero-order valence-electron chi connectivity index (χ0n) is 8.47. The number of alkyl halides is 2. The molecule has 1 amide bonds. The van der Waals surface area contributed by atoms with Crippen LogP contribution in [0.1, 0.15) is 16.7 Å². The fourth-order valence-corrected chi connectivity index (χ4v) is 1.16. The Balaban J connectivity index is 3.16. The van der Waals surface area contributed by atoms with Crippen molar-refractivity contribution in [2.75, 3.05) is 0 Å². The van der Waals surface area contributed by atoms with E-state index in [1.165, 1.54) is 17.6 Å². The van der Waals surface area contributed by atoms with Gasteiger partial charge in [0.1, 0.15) is 0 Å². The smallest absolute Gasteiger partial charge is 0.289 e. The van der Waals surface area contributed by atoms with Crippen LogP contribution in [-0.4, -0.2) is 5.91 Å². The summed E-state index contributed by atoms with van der Waals surface area (Å²) >= 11 is 0. The maximum Gasteiger partial charge on any atom is 0.351 e. The second-order valence-corrected chi connectivity index (χ2v) is 3.35. The molecule has 1 rings (SSSR count). The molecule has 82 valence electrons. The van der Waals surface area contributed by atoms with Crippen molar-refractivity contribution in [3.63, 3.8) is 0 Å². The van der Waals surface area contributed by atoms with Crippen molar-refractivity contribution in [3.05, 3.63) is 34.9 Å². The van der Waals surface area contributed by atoms with Crippen LogP contribution in [-0.2, 0) is 10.7 Å². The Labute approximate surface area is 86.2 Å². The first-order valence-electron chi connectivity index (χ1n) is 4.36. The van der Waals surface area contributed by atoms with Crippen molar-refractivity contribution in [1.82, 2.24) is 5.43 Å². The molecular weight excluding hydrogens is 202 g/mol. The summed E-state index contributed by atoms with van der Waals surface area (Å²) in [5, 5.41) is 0. The van der Waals surface area contributed by atoms with Crippen LogP contribution >= 0.6 is 0 Å². The van der Waals surface area contributed by atoms with Crippen molar-refractivity contribution in [2.24, 2.45) is 5.84 Å². The highest BCUT2D eigenvalue weighted by atomic mass is 19.3. The number of halogens is 2. The van der Waals surface area contributed by atoms with Crippen molar-refractivity contribution in [3.8, 4) is 0 Å². The van der Waals surface area contributed by atoms with Crippen molar-refractivity contribution >= 4 is 5.91 Å². The summed E-state index contributed by atoms with van der Waals surface area (Å²) in [7, 11) is 0. The Morgan fingerprint density at radius 3 is 2.40 bits per heavy atom. The lowest BCUT2D eigenvalue weighted by Crippen LogP contribution is -2.42. The lowest BCUT2D eigenvalue weighted by atomic mass is 10.0. The molecule has 5 heteroatoms. The maximum atomic E-state index is 13.4. The molecular formula is C10H12F2N2O. The molecule has 15 heavy (non-hydrogen) atoms. The Kier molecular flexibility index (Phi) is 3.04. The van der Waals surface area contributed by atoms with Gasteiger partial charge in [-0.15, -0.1) is 0 Å². The molecule has 0 bridgehead atoms. The van der Waals surface area contributed by atoms with Crippen molar-refractivity contribution < 1.29 is 13.6 Å². The van der Waals surface area contributed by atoms with E-state index in [1.54, 1.807) is 19.9 Å². The minimum absolute atomic E-state index is 0.353. The average molecular weight is 214 g/mol. The molecule has 1 aromatic carbocycles. The van der Waals surface area contributed by atoms with E-state index in [2.05, 4.69) is 5.84 Å². The number of carbonyl (C=O) groups is 1. The number of aryl methyl sites for hydroxylation is 2. The monoisotopic (exact) mass is 214 g/mol. The standard InChI is InChI=1S/C10H12F2N2O/c1-6-3-4-8(5-7(6)2)10(11,12)9(15)14-13/h3-5H,13H2,1-2H3,(H,14,15). The second-order valence-electron chi connectivity index (χ2n) is 3.35. The van der Waals surface area contributed by atoms with Gasteiger partial charge in [-0.3, -0.25) is 10.2 Å². The van der Waals surface area contributed by atoms with E-state index in [1.807, 2.05) is 0 Å². The first kappa shape index (κ1) is 11.6. The molecule has 0 fully saturated rings. The number of amides is 1.